The fraction of sp³-hybridized carbons (Fsp3) is 0.900. The van der Waals surface area contributed by atoms with Crippen LogP contribution in [0.15, 0.2) is 0 Å². The number of ether oxygens (including phenoxy) is 1. The maximum Gasteiger partial charge on any atom is 0.324 e. The molecule has 17 heavy (non-hydrogen) atoms. The number of sulfonamides is 1. The second kappa shape index (κ2) is 4.91. The van der Waals surface area contributed by atoms with E-state index in [1.807, 2.05) is 0 Å². The molecule has 1 heterocycles. The Kier molecular flexibility index (Phi) is 3.70. The second-order valence-electron chi connectivity index (χ2n) is 4.49. The van der Waals surface area contributed by atoms with Crippen molar-refractivity contribution in [3.05, 3.63) is 0 Å². The molecule has 1 atom stereocenters. The van der Waals surface area contributed by atoms with Crippen molar-refractivity contribution in [2.45, 2.75) is 37.0 Å². The number of hydrogen-bond acceptors (Lipinski definition) is 4. The third-order valence-corrected chi connectivity index (χ3v) is 5.82. The molecule has 98 valence electrons. The largest absolute Gasteiger partial charge is 0.480 e. The number of nitrogens with zero attached hydrogens (tertiary/aromatic N) is 1. The van der Waals surface area contributed by atoms with E-state index in [1.54, 1.807) is 0 Å². The fourth-order valence-electron chi connectivity index (χ4n) is 2.47. The molecule has 2 rings (SSSR count). The summed E-state index contributed by atoms with van der Waals surface area (Å²) in [5, 5.41) is 8.63. The molecule has 0 radical (unpaired) electrons. The number of rotatable bonds is 3. The summed E-state index contributed by atoms with van der Waals surface area (Å²) in [6.45, 7) is 0.368. The normalized spacial score (nSPS) is 28.4. The van der Waals surface area contributed by atoms with Crippen LogP contribution in [0, 0.1) is 0 Å². The van der Waals surface area contributed by atoms with E-state index in [1.165, 1.54) is 0 Å². The monoisotopic (exact) mass is 263 g/mol. The predicted octanol–water partition coefficient (Wildman–Crippen LogP) is 0.0442. The Hall–Kier alpha value is -0.660. The molecular weight excluding hydrogens is 246 g/mol. The van der Waals surface area contributed by atoms with Gasteiger partial charge in [-0.1, -0.05) is 12.8 Å². The molecular formula is C10H17NO5S. The van der Waals surface area contributed by atoms with Crippen LogP contribution in [0.3, 0.4) is 0 Å². The number of carbonyl (C=O) groups is 1. The molecule has 2 fully saturated rings. The van der Waals surface area contributed by atoms with E-state index in [-0.39, 0.29) is 19.8 Å². The SMILES string of the molecule is O=C(O)C1COCCN1S(=O)(=O)C1CCCC1. The van der Waals surface area contributed by atoms with E-state index in [0.717, 1.165) is 17.1 Å². The van der Waals surface area contributed by atoms with Crippen molar-refractivity contribution >= 4 is 16.0 Å². The lowest BCUT2D eigenvalue weighted by Gasteiger charge is -2.33. The standard InChI is InChI=1S/C10H17NO5S/c12-10(13)9-7-16-6-5-11(9)17(14,15)8-3-1-2-4-8/h8-9H,1-7H2,(H,12,13). The Labute approximate surface area is 101 Å². The molecule has 6 nitrogen and oxygen atoms in total. The Morgan fingerprint density at radius 1 is 1.29 bits per heavy atom. The molecule has 2 aliphatic rings. The summed E-state index contributed by atoms with van der Waals surface area (Å²) in [5.74, 6) is -1.13. The number of morpholine rings is 1. The van der Waals surface area contributed by atoms with E-state index in [9.17, 15) is 13.2 Å². The van der Waals surface area contributed by atoms with Crippen LogP contribution < -0.4 is 0 Å². The summed E-state index contributed by atoms with van der Waals surface area (Å²) >= 11 is 0. The first-order valence-electron chi connectivity index (χ1n) is 5.84. The van der Waals surface area contributed by atoms with Gasteiger partial charge in [-0.25, -0.2) is 8.42 Å². The lowest BCUT2D eigenvalue weighted by Crippen LogP contribution is -2.54. The van der Waals surface area contributed by atoms with Crippen LogP contribution in [-0.2, 0) is 19.6 Å². The van der Waals surface area contributed by atoms with Crippen molar-refractivity contribution in [3.8, 4) is 0 Å². The molecule has 1 unspecified atom stereocenters. The highest BCUT2D eigenvalue weighted by Crippen LogP contribution is 2.28. The summed E-state index contributed by atoms with van der Waals surface area (Å²) < 4.78 is 30.8. The van der Waals surface area contributed by atoms with Crippen LogP contribution in [0.2, 0.25) is 0 Å². The molecule has 1 N–H and O–H groups in total. The van der Waals surface area contributed by atoms with Crippen LogP contribution in [0.1, 0.15) is 25.7 Å². The van der Waals surface area contributed by atoms with Gasteiger partial charge in [-0.05, 0) is 12.8 Å². The summed E-state index contributed by atoms with van der Waals surface area (Å²) in [7, 11) is -3.48. The molecule has 1 saturated carbocycles. The molecule has 1 aliphatic carbocycles. The van der Waals surface area contributed by atoms with E-state index < -0.39 is 27.3 Å². The lowest BCUT2D eigenvalue weighted by atomic mass is 10.3. The zero-order valence-corrected chi connectivity index (χ0v) is 10.4. The van der Waals surface area contributed by atoms with Crippen molar-refractivity contribution in [2.75, 3.05) is 19.8 Å². The van der Waals surface area contributed by atoms with Gasteiger partial charge in [-0.2, -0.15) is 4.31 Å². The molecule has 1 saturated heterocycles. The third-order valence-electron chi connectivity index (χ3n) is 3.41. The van der Waals surface area contributed by atoms with Gasteiger partial charge in [0.1, 0.15) is 6.04 Å². The smallest absolute Gasteiger partial charge is 0.324 e. The highest BCUT2D eigenvalue weighted by Gasteiger charge is 2.42. The molecule has 0 bridgehead atoms. The first-order chi connectivity index (χ1) is 8.03. The minimum absolute atomic E-state index is 0.0543. The predicted molar refractivity (Wildman–Crippen MR) is 60.1 cm³/mol. The van der Waals surface area contributed by atoms with Gasteiger partial charge >= 0.3 is 5.97 Å². The summed E-state index contributed by atoms with van der Waals surface area (Å²) in [6.07, 6.45) is 3.11. The van der Waals surface area contributed by atoms with Gasteiger partial charge in [-0.3, -0.25) is 4.79 Å². The first kappa shape index (κ1) is 12.8. The van der Waals surface area contributed by atoms with Crippen LogP contribution in [0.25, 0.3) is 0 Å². The van der Waals surface area contributed by atoms with Crippen LogP contribution in [0.4, 0.5) is 0 Å². The summed E-state index contributed by atoms with van der Waals surface area (Å²) in [5.41, 5.74) is 0. The average Bonchev–Trinajstić information content (AvgIpc) is 2.83. The summed E-state index contributed by atoms with van der Waals surface area (Å²) in [6, 6.07) is -1.06. The molecule has 1 aliphatic heterocycles. The molecule has 0 spiro atoms. The first-order valence-corrected chi connectivity index (χ1v) is 7.35. The minimum Gasteiger partial charge on any atom is -0.480 e. The number of aliphatic carboxylic acids is 1. The van der Waals surface area contributed by atoms with Gasteiger partial charge in [-0.15, -0.1) is 0 Å². The lowest BCUT2D eigenvalue weighted by molar-refractivity contribution is -0.146. The maximum absolute atomic E-state index is 12.3. The van der Waals surface area contributed by atoms with Crippen molar-refractivity contribution in [1.29, 1.82) is 0 Å². The zero-order chi connectivity index (χ0) is 12.5. The van der Waals surface area contributed by atoms with Crippen LogP contribution in [0.5, 0.6) is 0 Å². The number of carboxylic acid groups (broad SMARTS) is 1. The van der Waals surface area contributed by atoms with Gasteiger partial charge in [0.25, 0.3) is 0 Å². The van der Waals surface area contributed by atoms with Gasteiger partial charge in [0.05, 0.1) is 18.5 Å². The Morgan fingerprint density at radius 2 is 1.94 bits per heavy atom. The van der Waals surface area contributed by atoms with Crippen LogP contribution in [-0.4, -0.2) is 54.8 Å². The average molecular weight is 263 g/mol. The van der Waals surface area contributed by atoms with Crippen LogP contribution >= 0.6 is 0 Å². The van der Waals surface area contributed by atoms with E-state index in [0.29, 0.717) is 12.8 Å². The molecule has 0 aromatic rings. The highest BCUT2D eigenvalue weighted by molar-refractivity contribution is 7.89. The van der Waals surface area contributed by atoms with Crippen molar-refractivity contribution < 1.29 is 23.1 Å². The van der Waals surface area contributed by atoms with E-state index >= 15 is 0 Å². The zero-order valence-electron chi connectivity index (χ0n) is 9.54. The van der Waals surface area contributed by atoms with Gasteiger partial charge in [0, 0.05) is 6.54 Å². The van der Waals surface area contributed by atoms with E-state index in [2.05, 4.69) is 0 Å². The van der Waals surface area contributed by atoms with Gasteiger partial charge in [0.15, 0.2) is 0 Å². The Balaban J connectivity index is 2.20. The maximum atomic E-state index is 12.3. The quantitative estimate of drug-likeness (QED) is 0.777. The summed E-state index contributed by atoms with van der Waals surface area (Å²) in [4.78, 5) is 11.0. The van der Waals surface area contributed by atoms with Crippen molar-refractivity contribution in [1.82, 2.24) is 4.31 Å². The number of carboxylic acids is 1. The molecule has 0 aromatic carbocycles. The second-order valence-corrected chi connectivity index (χ2v) is 6.66. The number of hydrogen-bond donors (Lipinski definition) is 1. The molecule has 7 heteroatoms. The van der Waals surface area contributed by atoms with E-state index in [4.69, 9.17) is 9.84 Å². The highest BCUT2D eigenvalue weighted by atomic mass is 32.2. The van der Waals surface area contributed by atoms with Gasteiger partial charge < -0.3 is 9.84 Å². The molecule has 0 amide bonds. The van der Waals surface area contributed by atoms with Crippen molar-refractivity contribution in [2.24, 2.45) is 0 Å². The topological polar surface area (TPSA) is 83.9 Å². The minimum atomic E-state index is -3.48. The molecule has 0 aromatic heterocycles. The van der Waals surface area contributed by atoms with Crippen molar-refractivity contribution in [3.63, 3.8) is 0 Å². The van der Waals surface area contributed by atoms with Gasteiger partial charge in [0.2, 0.25) is 10.0 Å². The Bertz CT molecular complexity index is 388. The fourth-order valence-corrected chi connectivity index (χ4v) is 4.61. The third kappa shape index (κ3) is 2.46. The Morgan fingerprint density at radius 3 is 2.53 bits per heavy atom.